The third-order valence-corrected chi connectivity index (χ3v) is 6.72. The molecule has 1 fully saturated rings. The van der Waals surface area contributed by atoms with Gasteiger partial charge in [-0.15, -0.1) is 0 Å². The third kappa shape index (κ3) is 5.11. The number of nitrogens with one attached hydrogen (secondary N) is 1. The second-order valence-corrected chi connectivity index (χ2v) is 9.06. The number of rotatable bonds is 7. The van der Waals surface area contributed by atoms with Crippen LogP contribution >= 0.6 is 0 Å². The maximum absolute atomic E-state index is 12.8. The van der Waals surface area contributed by atoms with Gasteiger partial charge in [-0.2, -0.15) is 0 Å². The first-order valence-corrected chi connectivity index (χ1v) is 11.0. The first kappa shape index (κ1) is 20.8. The van der Waals surface area contributed by atoms with E-state index in [-0.39, 0.29) is 10.9 Å². The van der Waals surface area contributed by atoms with Crippen molar-refractivity contribution in [3.63, 3.8) is 0 Å². The molecule has 0 bridgehead atoms. The summed E-state index contributed by atoms with van der Waals surface area (Å²) in [7, 11) is 0.0866. The highest BCUT2D eigenvalue weighted by molar-refractivity contribution is 7.89. The number of methoxy groups -OCH3 is 1. The van der Waals surface area contributed by atoms with E-state index in [1.54, 1.807) is 31.4 Å². The highest BCUT2D eigenvalue weighted by atomic mass is 32.2. The second kappa shape index (κ2) is 9.05. The molecule has 2 aromatic rings. The summed E-state index contributed by atoms with van der Waals surface area (Å²) in [5.41, 5.74) is 2.33. The number of likely N-dealkylation sites (N-methyl/N-ethyl adjacent to an activating group) is 1. The lowest BCUT2D eigenvalue weighted by Gasteiger charge is -2.38. The average Bonchev–Trinajstić information content (AvgIpc) is 2.70. The number of sulfonamides is 1. The highest BCUT2D eigenvalue weighted by Gasteiger charge is 2.26. The topological polar surface area (TPSA) is 61.9 Å². The van der Waals surface area contributed by atoms with Crippen molar-refractivity contribution in [2.24, 2.45) is 0 Å². The van der Waals surface area contributed by atoms with Crippen molar-refractivity contribution in [1.29, 1.82) is 0 Å². The van der Waals surface area contributed by atoms with Crippen LogP contribution in [0.2, 0.25) is 0 Å². The maximum atomic E-state index is 12.8. The number of ether oxygens (including phenoxy) is 1. The Morgan fingerprint density at radius 2 is 1.61 bits per heavy atom. The summed E-state index contributed by atoms with van der Waals surface area (Å²) in [6.07, 6.45) is 0. The first-order valence-electron chi connectivity index (χ1n) is 9.52. The average molecular weight is 404 g/mol. The molecule has 1 aliphatic rings. The van der Waals surface area contributed by atoms with Gasteiger partial charge in [0.05, 0.1) is 12.0 Å². The molecule has 28 heavy (non-hydrogen) atoms. The van der Waals surface area contributed by atoms with E-state index >= 15 is 0 Å². The van der Waals surface area contributed by atoms with E-state index in [1.165, 1.54) is 5.56 Å². The van der Waals surface area contributed by atoms with E-state index in [0.717, 1.165) is 31.7 Å². The van der Waals surface area contributed by atoms with Crippen molar-refractivity contribution in [3.05, 3.63) is 59.7 Å². The number of benzene rings is 2. The quantitative estimate of drug-likeness (QED) is 0.769. The van der Waals surface area contributed by atoms with Crippen molar-refractivity contribution in [3.8, 4) is 5.75 Å². The zero-order chi connectivity index (χ0) is 20.1. The van der Waals surface area contributed by atoms with E-state index in [1.807, 2.05) is 0 Å². The summed E-state index contributed by atoms with van der Waals surface area (Å²) >= 11 is 0. The van der Waals surface area contributed by atoms with Crippen molar-refractivity contribution >= 4 is 10.0 Å². The summed E-state index contributed by atoms with van der Waals surface area (Å²) in [4.78, 5) is 4.90. The number of piperazine rings is 1. The normalized spacial score (nSPS) is 17.4. The van der Waals surface area contributed by atoms with Crippen LogP contribution in [0.5, 0.6) is 5.75 Å². The Labute approximate surface area is 168 Å². The fourth-order valence-electron chi connectivity index (χ4n) is 3.41. The van der Waals surface area contributed by atoms with Crippen LogP contribution in [0, 0.1) is 6.92 Å². The Balaban J connectivity index is 1.77. The molecule has 0 aliphatic carbocycles. The molecule has 0 saturated carbocycles. The molecule has 1 N–H and O–H groups in total. The number of hydrogen-bond donors (Lipinski definition) is 1. The van der Waals surface area contributed by atoms with Crippen LogP contribution in [0.3, 0.4) is 0 Å². The van der Waals surface area contributed by atoms with E-state index in [0.29, 0.717) is 12.3 Å². The van der Waals surface area contributed by atoms with Crippen molar-refractivity contribution in [2.45, 2.75) is 17.9 Å². The van der Waals surface area contributed by atoms with E-state index in [9.17, 15) is 8.42 Å². The molecule has 0 radical (unpaired) electrons. The SMILES string of the molecule is COc1ccc(S(=O)(=O)NC[C@@H](c2ccc(C)cc2)N2CCN(C)CC2)cc1. The Morgan fingerprint density at radius 3 is 2.18 bits per heavy atom. The standard InChI is InChI=1S/C21H29N3O3S/c1-17-4-6-18(7-5-17)21(24-14-12-23(2)13-15-24)16-22-28(25,26)20-10-8-19(27-3)9-11-20/h4-11,21-22H,12-16H2,1-3H3/t21-/m0/s1. The summed E-state index contributed by atoms with van der Waals surface area (Å²) < 4.78 is 33.5. The predicted octanol–water partition coefficient (Wildman–Crippen LogP) is 2.27. The van der Waals surface area contributed by atoms with Crippen LogP contribution in [0.4, 0.5) is 0 Å². The number of nitrogens with zero attached hydrogens (tertiary/aromatic N) is 2. The molecule has 6 nitrogen and oxygen atoms in total. The summed E-state index contributed by atoms with van der Waals surface area (Å²) in [5.74, 6) is 0.633. The zero-order valence-electron chi connectivity index (χ0n) is 16.8. The summed E-state index contributed by atoms with van der Waals surface area (Å²) in [6, 6.07) is 14.8. The molecular weight excluding hydrogens is 374 g/mol. The van der Waals surface area contributed by atoms with Crippen LogP contribution in [-0.4, -0.2) is 65.1 Å². The first-order chi connectivity index (χ1) is 13.4. The minimum atomic E-state index is -3.59. The van der Waals surface area contributed by atoms with Crippen LogP contribution in [0.1, 0.15) is 17.2 Å². The molecule has 0 spiro atoms. The molecule has 3 rings (SSSR count). The third-order valence-electron chi connectivity index (χ3n) is 5.28. The Morgan fingerprint density at radius 1 is 1.00 bits per heavy atom. The van der Waals surface area contributed by atoms with Crippen LogP contribution < -0.4 is 9.46 Å². The molecular formula is C21H29N3O3S. The minimum absolute atomic E-state index is 0.00215. The molecule has 1 aliphatic heterocycles. The lowest BCUT2D eigenvalue weighted by atomic mass is 10.0. The van der Waals surface area contributed by atoms with Gasteiger partial charge < -0.3 is 9.64 Å². The number of hydrogen-bond acceptors (Lipinski definition) is 5. The van der Waals surface area contributed by atoms with E-state index < -0.39 is 10.0 Å². The van der Waals surface area contributed by atoms with Gasteiger partial charge in [-0.25, -0.2) is 13.1 Å². The Kier molecular flexibility index (Phi) is 6.72. The van der Waals surface area contributed by atoms with Gasteiger partial charge in [0.1, 0.15) is 5.75 Å². The van der Waals surface area contributed by atoms with Crippen molar-refractivity contribution in [2.75, 3.05) is 46.9 Å². The van der Waals surface area contributed by atoms with Crippen LogP contribution in [-0.2, 0) is 10.0 Å². The fourth-order valence-corrected chi connectivity index (χ4v) is 4.45. The van der Waals surface area contributed by atoms with Gasteiger partial charge >= 0.3 is 0 Å². The van der Waals surface area contributed by atoms with Gasteiger partial charge in [-0.1, -0.05) is 29.8 Å². The predicted molar refractivity (Wildman–Crippen MR) is 111 cm³/mol. The molecule has 1 heterocycles. The molecule has 1 atom stereocenters. The molecule has 1 saturated heterocycles. The largest absolute Gasteiger partial charge is 0.497 e. The molecule has 0 amide bonds. The summed E-state index contributed by atoms with van der Waals surface area (Å²) in [5, 5.41) is 0. The minimum Gasteiger partial charge on any atom is -0.497 e. The fraction of sp³-hybridized carbons (Fsp3) is 0.429. The monoisotopic (exact) mass is 403 g/mol. The lowest BCUT2D eigenvalue weighted by Crippen LogP contribution is -2.48. The van der Waals surface area contributed by atoms with Gasteiger partial charge in [-0.05, 0) is 43.8 Å². The van der Waals surface area contributed by atoms with Gasteiger partial charge in [0.2, 0.25) is 10.0 Å². The molecule has 2 aromatic carbocycles. The van der Waals surface area contributed by atoms with Crippen LogP contribution in [0.15, 0.2) is 53.4 Å². The highest BCUT2D eigenvalue weighted by Crippen LogP contribution is 2.23. The smallest absolute Gasteiger partial charge is 0.240 e. The van der Waals surface area contributed by atoms with Crippen LogP contribution in [0.25, 0.3) is 0 Å². The molecule has 152 valence electrons. The molecule has 0 unspecified atom stereocenters. The second-order valence-electron chi connectivity index (χ2n) is 7.29. The maximum Gasteiger partial charge on any atom is 0.240 e. The lowest BCUT2D eigenvalue weighted by molar-refractivity contribution is 0.113. The van der Waals surface area contributed by atoms with Gasteiger partial charge in [0.25, 0.3) is 0 Å². The van der Waals surface area contributed by atoms with E-state index in [4.69, 9.17) is 4.74 Å². The van der Waals surface area contributed by atoms with Gasteiger partial charge in [0, 0.05) is 38.8 Å². The van der Waals surface area contributed by atoms with Crippen molar-refractivity contribution < 1.29 is 13.2 Å². The van der Waals surface area contributed by atoms with E-state index in [2.05, 4.69) is 52.8 Å². The van der Waals surface area contributed by atoms with Gasteiger partial charge in [-0.3, -0.25) is 4.90 Å². The zero-order valence-corrected chi connectivity index (χ0v) is 17.6. The molecule has 0 aromatic heterocycles. The number of aryl methyl sites for hydroxylation is 1. The van der Waals surface area contributed by atoms with Gasteiger partial charge in [0.15, 0.2) is 0 Å². The van der Waals surface area contributed by atoms with Crippen molar-refractivity contribution in [1.82, 2.24) is 14.5 Å². The Hall–Kier alpha value is -1.93. The molecule has 7 heteroatoms. The Bertz CT molecular complexity index is 859. The summed E-state index contributed by atoms with van der Waals surface area (Å²) in [6.45, 7) is 6.18.